The van der Waals surface area contributed by atoms with Gasteiger partial charge in [-0.2, -0.15) is 0 Å². The molecule has 0 spiro atoms. The fraction of sp³-hybridized carbons (Fsp3) is 0.400. The van der Waals surface area contributed by atoms with Gasteiger partial charge in [0.2, 0.25) is 0 Å². The van der Waals surface area contributed by atoms with Gasteiger partial charge in [-0.25, -0.2) is 0 Å². The van der Waals surface area contributed by atoms with Crippen LogP contribution in [0, 0.1) is 10.1 Å². The molecule has 0 saturated heterocycles. The summed E-state index contributed by atoms with van der Waals surface area (Å²) in [6.07, 6.45) is 0. The molecule has 0 aliphatic carbocycles. The monoisotopic (exact) mass is 277 g/mol. The van der Waals surface area contributed by atoms with Crippen LogP contribution in [0.2, 0.25) is 10.0 Å². The Hall–Kier alpha value is -1.04. The maximum Gasteiger partial charge on any atom is 0.272 e. The van der Waals surface area contributed by atoms with Crippen molar-refractivity contribution in [2.24, 2.45) is 5.73 Å². The van der Waals surface area contributed by atoms with Gasteiger partial charge < -0.3 is 11.1 Å². The van der Waals surface area contributed by atoms with Crippen molar-refractivity contribution >= 4 is 34.6 Å². The van der Waals surface area contributed by atoms with E-state index in [2.05, 4.69) is 5.32 Å². The lowest BCUT2D eigenvalue weighted by molar-refractivity contribution is -0.384. The number of nitrogens with one attached hydrogen (secondary N) is 1. The van der Waals surface area contributed by atoms with E-state index in [-0.39, 0.29) is 15.7 Å². The van der Waals surface area contributed by atoms with Gasteiger partial charge in [0, 0.05) is 24.2 Å². The summed E-state index contributed by atoms with van der Waals surface area (Å²) in [5.41, 5.74) is 5.49. The minimum absolute atomic E-state index is 0.142. The number of rotatable bonds is 4. The standard InChI is InChI=1S/C10H13Cl2N3O2/c1-10(2,5-13)14-9-7(11)3-6(15(16)17)4-8(9)12/h3-4,14H,5,13H2,1-2H3. The highest BCUT2D eigenvalue weighted by molar-refractivity contribution is 6.39. The molecule has 17 heavy (non-hydrogen) atoms. The van der Waals surface area contributed by atoms with Crippen molar-refractivity contribution < 1.29 is 4.92 Å². The highest BCUT2D eigenvalue weighted by Gasteiger charge is 2.20. The van der Waals surface area contributed by atoms with E-state index in [1.54, 1.807) is 0 Å². The first-order valence-corrected chi connectivity index (χ1v) is 5.64. The van der Waals surface area contributed by atoms with Crippen molar-refractivity contribution in [3.63, 3.8) is 0 Å². The molecular formula is C10H13Cl2N3O2. The molecule has 0 atom stereocenters. The lowest BCUT2D eigenvalue weighted by atomic mass is 10.1. The predicted octanol–water partition coefficient (Wildman–Crippen LogP) is 3.05. The largest absolute Gasteiger partial charge is 0.376 e. The van der Waals surface area contributed by atoms with Gasteiger partial charge in [0.1, 0.15) is 0 Å². The fourth-order valence-electron chi connectivity index (χ4n) is 1.17. The Morgan fingerprint density at radius 3 is 2.24 bits per heavy atom. The van der Waals surface area contributed by atoms with Crippen LogP contribution in [-0.4, -0.2) is 17.0 Å². The van der Waals surface area contributed by atoms with Gasteiger partial charge in [-0.05, 0) is 13.8 Å². The van der Waals surface area contributed by atoms with Crippen molar-refractivity contribution in [1.82, 2.24) is 0 Å². The number of nitrogens with two attached hydrogens (primary N) is 1. The van der Waals surface area contributed by atoms with Gasteiger partial charge in [-0.15, -0.1) is 0 Å². The van der Waals surface area contributed by atoms with Crippen LogP contribution < -0.4 is 11.1 Å². The van der Waals surface area contributed by atoms with Crippen molar-refractivity contribution in [1.29, 1.82) is 0 Å². The molecule has 1 aromatic rings. The van der Waals surface area contributed by atoms with Gasteiger partial charge in [0.15, 0.2) is 0 Å². The molecule has 7 heteroatoms. The van der Waals surface area contributed by atoms with Crippen LogP contribution in [0.15, 0.2) is 12.1 Å². The SMILES string of the molecule is CC(C)(CN)Nc1c(Cl)cc([N+](=O)[O-])cc1Cl. The molecule has 0 amide bonds. The van der Waals surface area contributed by atoms with Gasteiger partial charge in [0.25, 0.3) is 5.69 Å². The maximum absolute atomic E-state index is 10.6. The number of nitro groups is 1. The summed E-state index contributed by atoms with van der Waals surface area (Å²) >= 11 is 11.9. The van der Waals surface area contributed by atoms with E-state index in [1.165, 1.54) is 12.1 Å². The number of hydrogen-bond donors (Lipinski definition) is 2. The molecule has 0 aliphatic heterocycles. The summed E-state index contributed by atoms with van der Waals surface area (Å²) in [6, 6.07) is 2.50. The third-order valence-corrected chi connectivity index (χ3v) is 2.81. The second-order valence-corrected chi connectivity index (χ2v) is 5.07. The molecule has 94 valence electrons. The first kappa shape index (κ1) is 14.0. The molecule has 3 N–H and O–H groups in total. The number of nitrogens with zero attached hydrogens (tertiary/aromatic N) is 1. The summed E-state index contributed by atoms with van der Waals surface area (Å²) in [5, 5.41) is 14.1. The van der Waals surface area contributed by atoms with E-state index in [9.17, 15) is 10.1 Å². The third kappa shape index (κ3) is 3.46. The maximum atomic E-state index is 10.6. The van der Waals surface area contributed by atoms with E-state index in [4.69, 9.17) is 28.9 Å². The molecule has 0 fully saturated rings. The third-order valence-electron chi connectivity index (χ3n) is 2.21. The van der Waals surface area contributed by atoms with E-state index in [1.807, 2.05) is 13.8 Å². The second kappa shape index (κ2) is 5.08. The van der Waals surface area contributed by atoms with E-state index in [0.29, 0.717) is 12.2 Å². The van der Waals surface area contributed by atoms with Gasteiger partial charge in [0.05, 0.1) is 20.7 Å². The molecule has 5 nitrogen and oxygen atoms in total. The molecule has 0 radical (unpaired) electrons. The minimum atomic E-state index is -0.546. The first-order valence-electron chi connectivity index (χ1n) is 4.88. The van der Waals surface area contributed by atoms with Gasteiger partial charge in [-0.1, -0.05) is 23.2 Å². The Labute approximate surface area is 109 Å². The average molecular weight is 278 g/mol. The fourth-order valence-corrected chi connectivity index (χ4v) is 1.74. The Balaban J connectivity index is 3.15. The molecule has 0 aliphatic rings. The number of hydrogen-bond acceptors (Lipinski definition) is 4. The topological polar surface area (TPSA) is 81.2 Å². The molecule has 0 heterocycles. The summed E-state index contributed by atoms with van der Waals surface area (Å²) in [7, 11) is 0. The van der Waals surface area contributed by atoms with Crippen LogP contribution in [0.3, 0.4) is 0 Å². The van der Waals surface area contributed by atoms with Gasteiger partial charge in [-0.3, -0.25) is 10.1 Å². The zero-order valence-corrected chi connectivity index (χ0v) is 11.0. The summed E-state index contributed by atoms with van der Waals surface area (Å²) < 4.78 is 0. The second-order valence-electron chi connectivity index (χ2n) is 4.25. The molecule has 1 aromatic carbocycles. The van der Waals surface area contributed by atoms with Crippen LogP contribution >= 0.6 is 23.2 Å². The van der Waals surface area contributed by atoms with Crippen LogP contribution in [0.1, 0.15) is 13.8 Å². The quantitative estimate of drug-likeness (QED) is 0.655. The van der Waals surface area contributed by atoms with Crippen molar-refractivity contribution in [2.75, 3.05) is 11.9 Å². The van der Waals surface area contributed by atoms with Crippen LogP contribution in [0.4, 0.5) is 11.4 Å². The summed E-state index contributed by atoms with van der Waals surface area (Å²) in [5.74, 6) is 0. The van der Waals surface area contributed by atoms with Crippen LogP contribution in [-0.2, 0) is 0 Å². The van der Waals surface area contributed by atoms with Crippen LogP contribution in [0.5, 0.6) is 0 Å². The molecule has 0 saturated carbocycles. The summed E-state index contributed by atoms with van der Waals surface area (Å²) in [6.45, 7) is 4.12. The highest BCUT2D eigenvalue weighted by Crippen LogP contribution is 2.36. The highest BCUT2D eigenvalue weighted by atomic mass is 35.5. The minimum Gasteiger partial charge on any atom is -0.376 e. The van der Waals surface area contributed by atoms with Gasteiger partial charge >= 0.3 is 0 Å². The number of non-ortho nitro benzene ring substituents is 1. The lowest BCUT2D eigenvalue weighted by Crippen LogP contribution is -2.39. The number of halogens is 2. The Morgan fingerprint density at radius 2 is 1.88 bits per heavy atom. The molecule has 0 aromatic heterocycles. The van der Waals surface area contributed by atoms with E-state index < -0.39 is 10.5 Å². The Bertz CT molecular complexity index is 426. The number of nitro benzene ring substituents is 1. The Kier molecular flexibility index (Phi) is 4.19. The predicted molar refractivity (Wildman–Crippen MR) is 69.9 cm³/mol. The molecule has 1 rings (SSSR count). The van der Waals surface area contributed by atoms with E-state index in [0.717, 1.165) is 0 Å². The Morgan fingerprint density at radius 1 is 1.41 bits per heavy atom. The van der Waals surface area contributed by atoms with Crippen molar-refractivity contribution in [3.8, 4) is 0 Å². The molecule has 0 unspecified atom stereocenters. The average Bonchev–Trinajstić information content (AvgIpc) is 2.23. The number of anilines is 1. The zero-order valence-electron chi connectivity index (χ0n) is 9.46. The normalized spacial score (nSPS) is 11.4. The lowest BCUT2D eigenvalue weighted by Gasteiger charge is -2.26. The van der Waals surface area contributed by atoms with Crippen molar-refractivity contribution in [2.45, 2.75) is 19.4 Å². The molecule has 0 bridgehead atoms. The van der Waals surface area contributed by atoms with E-state index >= 15 is 0 Å². The first-order chi connectivity index (χ1) is 7.76. The summed E-state index contributed by atoms with van der Waals surface area (Å²) in [4.78, 5) is 10.1. The molecular weight excluding hydrogens is 265 g/mol. The van der Waals surface area contributed by atoms with Crippen molar-refractivity contribution in [3.05, 3.63) is 32.3 Å². The smallest absolute Gasteiger partial charge is 0.272 e. The number of benzene rings is 1. The zero-order chi connectivity index (χ0) is 13.2. The van der Waals surface area contributed by atoms with Crippen LogP contribution in [0.25, 0.3) is 0 Å².